The molecule has 1 fully saturated rings. The zero-order valence-electron chi connectivity index (χ0n) is 12.6. The number of benzene rings is 1. The Labute approximate surface area is 118 Å². The van der Waals surface area contributed by atoms with Gasteiger partial charge in [0.15, 0.2) is 0 Å². The number of hydrogen-bond acceptors (Lipinski definition) is 2. The van der Waals surface area contributed by atoms with E-state index in [2.05, 4.69) is 49.9 Å². The fraction of sp³-hybridized carbons (Fsp3) is 0.647. The summed E-state index contributed by atoms with van der Waals surface area (Å²) in [5.41, 5.74) is 8.71. The van der Waals surface area contributed by atoms with E-state index in [1.807, 2.05) is 0 Å². The number of hydrogen-bond donors (Lipinski definition) is 1. The topological polar surface area (TPSA) is 29.3 Å². The monoisotopic (exact) mass is 260 g/mol. The van der Waals surface area contributed by atoms with Crippen LogP contribution < -0.4 is 5.73 Å². The van der Waals surface area contributed by atoms with Crippen molar-refractivity contribution in [3.05, 3.63) is 35.4 Å². The average molecular weight is 260 g/mol. The molecule has 0 amide bonds. The summed E-state index contributed by atoms with van der Waals surface area (Å²) in [4.78, 5) is 2.65. The first kappa shape index (κ1) is 14.5. The van der Waals surface area contributed by atoms with Crippen molar-refractivity contribution in [1.29, 1.82) is 0 Å². The smallest absolute Gasteiger partial charge is 0.0322 e. The lowest BCUT2D eigenvalue weighted by Gasteiger charge is -2.37. The first-order valence-electron chi connectivity index (χ1n) is 7.69. The highest BCUT2D eigenvalue weighted by Gasteiger charge is 2.32. The predicted octanol–water partition coefficient (Wildman–Crippen LogP) is 3.51. The molecule has 1 aliphatic rings. The minimum absolute atomic E-state index is 0.489. The SMILES string of the molecule is CCN(C(C)c1ccc(C)cc1)C1CCCC1CN. The van der Waals surface area contributed by atoms with Crippen molar-refractivity contribution in [3.8, 4) is 0 Å². The third kappa shape index (κ3) is 3.18. The Balaban J connectivity index is 2.14. The van der Waals surface area contributed by atoms with Crippen LogP contribution in [0.25, 0.3) is 0 Å². The van der Waals surface area contributed by atoms with Crippen molar-refractivity contribution in [1.82, 2.24) is 4.90 Å². The van der Waals surface area contributed by atoms with Crippen LogP contribution >= 0.6 is 0 Å². The molecule has 1 aromatic carbocycles. The molecule has 2 rings (SSSR count). The van der Waals surface area contributed by atoms with Gasteiger partial charge < -0.3 is 5.73 Å². The van der Waals surface area contributed by atoms with Gasteiger partial charge >= 0.3 is 0 Å². The fourth-order valence-electron chi connectivity index (χ4n) is 3.56. The molecule has 1 aromatic rings. The van der Waals surface area contributed by atoms with Gasteiger partial charge in [0.2, 0.25) is 0 Å². The van der Waals surface area contributed by atoms with Gasteiger partial charge in [0, 0.05) is 12.1 Å². The first-order valence-corrected chi connectivity index (χ1v) is 7.69. The Hall–Kier alpha value is -0.860. The molecule has 3 atom stereocenters. The maximum atomic E-state index is 5.95. The molecule has 2 N–H and O–H groups in total. The van der Waals surface area contributed by atoms with Crippen LogP contribution in [0.1, 0.15) is 50.3 Å². The summed E-state index contributed by atoms with van der Waals surface area (Å²) in [7, 11) is 0. The number of rotatable bonds is 5. The van der Waals surface area contributed by atoms with E-state index in [1.54, 1.807) is 0 Å². The van der Waals surface area contributed by atoms with Gasteiger partial charge in [-0.1, -0.05) is 43.2 Å². The van der Waals surface area contributed by atoms with E-state index < -0.39 is 0 Å². The summed E-state index contributed by atoms with van der Waals surface area (Å²) in [5.74, 6) is 0.688. The van der Waals surface area contributed by atoms with Crippen molar-refractivity contribution in [2.75, 3.05) is 13.1 Å². The molecule has 0 aromatic heterocycles. The van der Waals surface area contributed by atoms with Gasteiger partial charge in [-0.05, 0) is 51.3 Å². The quantitative estimate of drug-likeness (QED) is 0.878. The molecule has 19 heavy (non-hydrogen) atoms. The fourth-order valence-corrected chi connectivity index (χ4v) is 3.56. The standard InChI is InChI=1S/C17H28N2/c1-4-19(17-7-5-6-16(17)12-18)14(3)15-10-8-13(2)9-11-15/h8-11,14,16-17H,4-7,12,18H2,1-3H3. The first-order chi connectivity index (χ1) is 9.17. The third-order valence-electron chi connectivity index (χ3n) is 4.77. The lowest BCUT2D eigenvalue weighted by molar-refractivity contribution is 0.123. The normalized spacial score (nSPS) is 24.9. The summed E-state index contributed by atoms with van der Waals surface area (Å²) >= 11 is 0. The van der Waals surface area contributed by atoms with E-state index in [0.29, 0.717) is 18.0 Å². The van der Waals surface area contributed by atoms with Crippen molar-refractivity contribution in [3.63, 3.8) is 0 Å². The van der Waals surface area contributed by atoms with Crippen molar-refractivity contribution < 1.29 is 0 Å². The molecule has 0 aliphatic heterocycles. The van der Waals surface area contributed by atoms with Crippen LogP contribution in [0.3, 0.4) is 0 Å². The molecule has 1 saturated carbocycles. The minimum atomic E-state index is 0.489. The van der Waals surface area contributed by atoms with E-state index in [-0.39, 0.29) is 0 Å². The summed E-state index contributed by atoms with van der Waals surface area (Å²) in [6.45, 7) is 8.70. The zero-order valence-corrected chi connectivity index (χ0v) is 12.6. The van der Waals surface area contributed by atoms with Crippen LogP contribution in [0.15, 0.2) is 24.3 Å². The Morgan fingerprint density at radius 1 is 1.26 bits per heavy atom. The van der Waals surface area contributed by atoms with Gasteiger partial charge in [0.05, 0.1) is 0 Å². The van der Waals surface area contributed by atoms with Crippen LogP contribution in [0.5, 0.6) is 0 Å². The predicted molar refractivity (Wildman–Crippen MR) is 82.2 cm³/mol. The lowest BCUT2D eigenvalue weighted by atomic mass is 9.98. The van der Waals surface area contributed by atoms with Gasteiger partial charge in [-0.25, -0.2) is 0 Å². The maximum absolute atomic E-state index is 5.95. The molecule has 0 spiro atoms. The third-order valence-corrected chi connectivity index (χ3v) is 4.77. The molecule has 2 nitrogen and oxygen atoms in total. The second kappa shape index (κ2) is 6.53. The van der Waals surface area contributed by atoms with Gasteiger partial charge in [0.1, 0.15) is 0 Å². The van der Waals surface area contributed by atoms with E-state index >= 15 is 0 Å². The van der Waals surface area contributed by atoms with E-state index in [4.69, 9.17) is 5.73 Å². The second-order valence-electron chi connectivity index (χ2n) is 5.91. The lowest BCUT2D eigenvalue weighted by Crippen LogP contribution is -2.41. The Kier molecular flexibility index (Phi) is 5.00. The Morgan fingerprint density at radius 3 is 2.53 bits per heavy atom. The Morgan fingerprint density at radius 2 is 1.95 bits per heavy atom. The molecular formula is C17H28N2. The van der Waals surface area contributed by atoms with E-state index in [9.17, 15) is 0 Å². The average Bonchev–Trinajstić information content (AvgIpc) is 2.88. The summed E-state index contributed by atoms with van der Waals surface area (Å²) < 4.78 is 0. The largest absolute Gasteiger partial charge is 0.330 e. The van der Waals surface area contributed by atoms with Crippen LogP contribution in [-0.2, 0) is 0 Å². The van der Waals surface area contributed by atoms with Gasteiger partial charge in [-0.3, -0.25) is 4.90 Å². The van der Waals surface area contributed by atoms with Gasteiger partial charge in [-0.2, -0.15) is 0 Å². The molecular weight excluding hydrogens is 232 g/mol. The van der Waals surface area contributed by atoms with E-state index in [0.717, 1.165) is 13.1 Å². The molecule has 0 saturated heterocycles. The number of nitrogens with two attached hydrogens (primary N) is 1. The molecule has 2 heteroatoms. The maximum Gasteiger partial charge on any atom is 0.0322 e. The van der Waals surface area contributed by atoms with Gasteiger partial charge in [0.25, 0.3) is 0 Å². The van der Waals surface area contributed by atoms with Gasteiger partial charge in [-0.15, -0.1) is 0 Å². The molecule has 106 valence electrons. The van der Waals surface area contributed by atoms with Crippen LogP contribution in [0, 0.1) is 12.8 Å². The van der Waals surface area contributed by atoms with Crippen molar-refractivity contribution in [2.45, 2.75) is 52.1 Å². The minimum Gasteiger partial charge on any atom is -0.330 e. The summed E-state index contributed by atoms with van der Waals surface area (Å²) in [5, 5.41) is 0. The molecule has 0 bridgehead atoms. The number of nitrogens with zero attached hydrogens (tertiary/aromatic N) is 1. The highest BCUT2D eigenvalue weighted by Crippen LogP contribution is 2.34. The van der Waals surface area contributed by atoms with Crippen LogP contribution in [-0.4, -0.2) is 24.0 Å². The summed E-state index contributed by atoms with van der Waals surface area (Å²) in [6.07, 6.45) is 3.95. The van der Waals surface area contributed by atoms with Crippen LogP contribution in [0.2, 0.25) is 0 Å². The highest BCUT2D eigenvalue weighted by molar-refractivity contribution is 5.24. The Bertz CT molecular complexity index is 385. The van der Waals surface area contributed by atoms with E-state index in [1.165, 1.54) is 30.4 Å². The molecule has 0 heterocycles. The van der Waals surface area contributed by atoms with Crippen molar-refractivity contribution >= 4 is 0 Å². The molecule has 0 radical (unpaired) electrons. The second-order valence-corrected chi connectivity index (χ2v) is 5.91. The number of aryl methyl sites for hydroxylation is 1. The van der Waals surface area contributed by atoms with Crippen molar-refractivity contribution in [2.24, 2.45) is 11.7 Å². The van der Waals surface area contributed by atoms with Crippen LogP contribution in [0.4, 0.5) is 0 Å². The molecule has 1 aliphatic carbocycles. The highest BCUT2D eigenvalue weighted by atomic mass is 15.2. The summed E-state index contributed by atoms with van der Waals surface area (Å²) in [6, 6.07) is 10.1. The zero-order chi connectivity index (χ0) is 13.8. The molecule has 3 unspecified atom stereocenters.